The molecule has 0 fully saturated rings. The SMILES string of the molecule is CCC(C)c1cc(C(C)(C)C)c(O)c(S(=O)(=O)Nc2ccc(C#N)cc2)c1. The first-order chi connectivity index (χ1) is 12.5. The lowest BCUT2D eigenvalue weighted by Crippen LogP contribution is -2.18. The molecular weight excluding hydrogens is 360 g/mol. The van der Waals surface area contributed by atoms with Gasteiger partial charge in [-0.15, -0.1) is 0 Å². The average molecular weight is 387 g/mol. The predicted molar refractivity (Wildman–Crippen MR) is 107 cm³/mol. The van der Waals surface area contributed by atoms with E-state index < -0.39 is 15.4 Å². The summed E-state index contributed by atoms with van der Waals surface area (Å²) in [4.78, 5) is -0.130. The normalized spacial score (nSPS) is 13.0. The van der Waals surface area contributed by atoms with Crippen molar-refractivity contribution in [2.24, 2.45) is 0 Å². The second-order valence-electron chi connectivity index (χ2n) is 7.77. The lowest BCUT2D eigenvalue weighted by molar-refractivity contribution is 0.431. The van der Waals surface area contributed by atoms with Crippen LogP contribution in [-0.4, -0.2) is 13.5 Å². The zero-order valence-corrected chi connectivity index (χ0v) is 17.2. The highest BCUT2D eigenvalue weighted by atomic mass is 32.2. The molecule has 0 aliphatic rings. The number of aromatic hydroxyl groups is 1. The summed E-state index contributed by atoms with van der Waals surface area (Å²) in [6.07, 6.45) is 0.858. The lowest BCUT2D eigenvalue weighted by atomic mass is 9.83. The monoisotopic (exact) mass is 386 g/mol. The number of nitriles is 1. The third-order valence-electron chi connectivity index (χ3n) is 4.64. The third kappa shape index (κ3) is 4.61. The molecule has 27 heavy (non-hydrogen) atoms. The van der Waals surface area contributed by atoms with Gasteiger partial charge in [0.05, 0.1) is 11.6 Å². The second kappa shape index (κ2) is 7.61. The molecule has 0 aromatic heterocycles. The van der Waals surface area contributed by atoms with Crippen LogP contribution in [0.3, 0.4) is 0 Å². The molecule has 6 heteroatoms. The van der Waals surface area contributed by atoms with Crippen LogP contribution in [0, 0.1) is 11.3 Å². The van der Waals surface area contributed by atoms with Gasteiger partial charge in [0.2, 0.25) is 0 Å². The van der Waals surface area contributed by atoms with Crippen molar-refractivity contribution in [2.45, 2.75) is 57.3 Å². The van der Waals surface area contributed by atoms with E-state index in [4.69, 9.17) is 5.26 Å². The van der Waals surface area contributed by atoms with Crippen molar-refractivity contribution in [3.05, 3.63) is 53.1 Å². The van der Waals surface area contributed by atoms with E-state index in [9.17, 15) is 13.5 Å². The van der Waals surface area contributed by atoms with E-state index >= 15 is 0 Å². The van der Waals surface area contributed by atoms with E-state index in [0.717, 1.165) is 12.0 Å². The summed E-state index contributed by atoms with van der Waals surface area (Å²) in [7, 11) is -3.99. The molecule has 0 aliphatic carbocycles. The molecule has 0 heterocycles. The standard InChI is InChI=1S/C21H26N2O3S/c1-6-14(2)16-11-18(21(3,4)5)20(24)19(12-16)27(25,26)23-17-9-7-15(13-22)8-10-17/h7-12,14,23-24H,6H2,1-5H3. The quantitative estimate of drug-likeness (QED) is 0.766. The van der Waals surface area contributed by atoms with Crippen LogP contribution in [0.25, 0.3) is 0 Å². The van der Waals surface area contributed by atoms with Crippen LogP contribution in [0.2, 0.25) is 0 Å². The zero-order chi connectivity index (χ0) is 20.4. The number of phenolic OH excluding ortho intramolecular Hbond substituents is 1. The number of anilines is 1. The zero-order valence-electron chi connectivity index (χ0n) is 16.4. The topological polar surface area (TPSA) is 90.2 Å². The Morgan fingerprint density at radius 2 is 1.78 bits per heavy atom. The van der Waals surface area contributed by atoms with Crippen molar-refractivity contribution < 1.29 is 13.5 Å². The Labute approximate surface area is 161 Å². The summed E-state index contributed by atoms with van der Waals surface area (Å²) in [5.41, 5.74) is 1.84. The smallest absolute Gasteiger partial charge is 0.265 e. The van der Waals surface area contributed by atoms with Gasteiger partial charge in [-0.05, 0) is 53.6 Å². The number of benzene rings is 2. The minimum Gasteiger partial charge on any atom is -0.506 e. The van der Waals surface area contributed by atoms with Crippen LogP contribution in [0.4, 0.5) is 5.69 Å². The van der Waals surface area contributed by atoms with Crippen molar-refractivity contribution in [1.29, 1.82) is 5.26 Å². The Kier molecular flexibility index (Phi) is 5.86. The molecule has 2 rings (SSSR count). The van der Waals surface area contributed by atoms with Gasteiger partial charge in [-0.2, -0.15) is 5.26 Å². The van der Waals surface area contributed by atoms with E-state index in [0.29, 0.717) is 16.8 Å². The highest BCUT2D eigenvalue weighted by molar-refractivity contribution is 7.92. The van der Waals surface area contributed by atoms with Gasteiger partial charge in [-0.3, -0.25) is 4.72 Å². The number of sulfonamides is 1. The first kappa shape index (κ1) is 20.8. The molecule has 5 nitrogen and oxygen atoms in total. The molecule has 1 unspecified atom stereocenters. The number of rotatable bonds is 5. The van der Waals surface area contributed by atoms with Crippen molar-refractivity contribution in [1.82, 2.24) is 0 Å². The van der Waals surface area contributed by atoms with Gasteiger partial charge >= 0.3 is 0 Å². The highest BCUT2D eigenvalue weighted by Crippen LogP contribution is 2.39. The molecule has 2 aromatic rings. The molecule has 1 atom stereocenters. The predicted octanol–water partition coefficient (Wildman–Crippen LogP) is 4.88. The minimum atomic E-state index is -3.99. The maximum absolute atomic E-state index is 13.0. The van der Waals surface area contributed by atoms with Gasteiger partial charge in [-0.1, -0.05) is 40.7 Å². The summed E-state index contributed by atoms with van der Waals surface area (Å²) in [6.45, 7) is 9.88. The van der Waals surface area contributed by atoms with Gasteiger partial charge in [0, 0.05) is 11.3 Å². The number of nitrogens with one attached hydrogen (secondary N) is 1. The van der Waals surface area contributed by atoms with Crippen LogP contribution in [-0.2, 0) is 15.4 Å². The number of nitrogens with zero attached hydrogens (tertiary/aromatic N) is 1. The summed E-state index contributed by atoms with van der Waals surface area (Å²) in [6, 6.07) is 11.5. The first-order valence-corrected chi connectivity index (χ1v) is 10.4. The van der Waals surface area contributed by atoms with E-state index in [-0.39, 0.29) is 16.6 Å². The Bertz CT molecular complexity index is 966. The molecule has 0 saturated carbocycles. The fraction of sp³-hybridized carbons (Fsp3) is 0.381. The van der Waals surface area contributed by atoms with Crippen LogP contribution >= 0.6 is 0 Å². The summed E-state index contributed by atoms with van der Waals surface area (Å²) < 4.78 is 28.5. The van der Waals surface area contributed by atoms with Crippen LogP contribution < -0.4 is 4.72 Å². The Morgan fingerprint density at radius 1 is 1.19 bits per heavy atom. The molecular formula is C21H26N2O3S. The van der Waals surface area contributed by atoms with Gasteiger partial charge in [-0.25, -0.2) is 8.42 Å². The van der Waals surface area contributed by atoms with E-state index in [1.807, 2.05) is 46.8 Å². The van der Waals surface area contributed by atoms with Crippen LogP contribution in [0.5, 0.6) is 5.75 Å². The molecule has 0 amide bonds. The van der Waals surface area contributed by atoms with Crippen molar-refractivity contribution in [2.75, 3.05) is 4.72 Å². The molecule has 0 bridgehead atoms. The number of phenols is 1. The van der Waals surface area contributed by atoms with Gasteiger partial charge in [0.15, 0.2) is 0 Å². The minimum absolute atomic E-state index is 0.130. The Morgan fingerprint density at radius 3 is 2.26 bits per heavy atom. The molecule has 0 saturated heterocycles. The fourth-order valence-corrected chi connectivity index (χ4v) is 3.96. The first-order valence-electron chi connectivity index (χ1n) is 8.90. The molecule has 2 aromatic carbocycles. The lowest BCUT2D eigenvalue weighted by Gasteiger charge is -2.24. The number of hydrogen-bond acceptors (Lipinski definition) is 4. The largest absolute Gasteiger partial charge is 0.506 e. The van der Waals surface area contributed by atoms with E-state index in [2.05, 4.69) is 4.72 Å². The molecule has 2 N–H and O–H groups in total. The van der Waals surface area contributed by atoms with Gasteiger partial charge in [0.25, 0.3) is 10.0 Å². The maximum atomic E-state index is 13.0. The highest BCUT2D eigenvalue weighted by Gasteiger charge is 2.28. The third-order valence-corrected chi connectivity index (χ3v) is 6.04. The Balaban J connectivity index is 2.58. The summed E-state index contributed by atoms with van der Waals surface area (Å²) >= 11 is 0. The summed E-state index contributed by atoms with van der Waals surface area (Å²) in [5.74, 6) is -0.0636. The summed E-state index contributed by atoms with van der Waals surface area (Å²) in [5, 5.41) is 19.6. The van der Waals surface area contributed by atoms with Crippen molar-refractivity contribution in [3.63, 3.8) is 0 Å². The van der Waals surface area contributed by atoms with Crippen molar-refractivity contribution in [3.8, 4) is 11.8 Å². The van der Waals surface area contributed by atoms with Crippen molar-refractivity contribution >= 4 is 15.7 Å². The maximum Gasteiger partial charge on any atom is 0.265 e. The van der Waals surface area contributed by atoms with E-state index in [1.54, 1.807) is 6.07 Å². The van der Waals surface area contributed by atoms with Crippen LogP contribution in [0.1, 0.15) is 63.6 Å². The second-order valence-corrected chi connectivity index (χ2v) is 9.42. The number of hydrogen-bond donors (Lipinski definition) is 2. The molecule has 0 aliphatic heterocycles. The van der Waals surface area contributed by atoms with Gasteiger partial charge < -0.3 is 5.11 Å². The van der Waals surface area contributed by atoms with Crippen LogP contribution in [0.15, 0.2) is 41.3 Å². The molecule has 0 radical (unpaired) electrons. The van der Waals surface area contributed by atoms with E-state index in [1.165, 1.54) is 24.3 Å². The Hall–Kier alpha value is -2.52. The molecule has 0 spiro atoms. The van der Waals surface area contributed by atoms with Gasteiger partial charge in [0.1, 0.15) is 10.6 Å². The molecule has 144 valence electrons. The fourth-order valence-electron chi connectivity index (χ4n) is 2.75. The average Bonchev–Trinajstić information content (AvgIpc) is 2.60.